The van der Waals surface area contributed by atoms with Gasteiger partial charge in [-0.05, 0) is 44.7 Å². The Hall–Kier alpha value is -2.69. The van der Waals surface area contributed by atoms with Crippen molar-refractivity contribution in [3.63, 3.8) is 0 Å². The standard InChI is InChI=1S/C18H17N3O2/c1-11-10-14-13-8-4-5-9-15(13)23-17(19)16(14)18(22)21(11)20-12-6-2-3-7-12/h4-5,8-10,19H,2-3,6-7H2,1H3. The molecule has 2 heterocycles. The number of benzene rings is 1. The maximum atomic E-state index is 12.9. The van der Waals surface area contributed by atoms with Gasteiger partial charge in [-0.2, -0.15) is 5.10 Å². The lowest BCUT2D eigenvalue weighted by Gasteiger charge is -2.09. The van der Waals surface area contributed by atoms with Crippen LogP contribution in [-0.4, -0.2) is 10.4 Å². The molecule has 0 aliphatic heterocycles. The van der Waals surface area contributed by atoms with Crippen molar-refractivity contribution in [1.82, 2.24) is 4.68 Å². The Balaban J connectivity index is 2.11. The second-order valence-corrected chi connectivity index (χ2v) is 5.99. The van der Waals surface area contributed by atoms with E-state index in [0.29, 0.717) is 5.58 Å². The third kappa shape index (κ3) is 2.20. The van der Waals surface area contributed by atoms with E-state index in [1.165, 1.54) is 4.68 Å². The van der Waals surface area contributed by atoms with Crippen LogP contribution < -0.4 is 11.1 Å². The van der Waals surface area contributed by atoms with Crippen molar-refractivity contribution in [2.45, 2.75) is 32.6 Å². The lowest BCUT2D eigenvalue weighted by Crippen LogP contribution is -2.24. The number of rotatable bonds is 1. The third-order valence-electron chi connectivity index (χ3n) is 4.40. The van der Waals surface area contributed by atoms with Crippen molar-refractivity contribution >= 4 is 27.5 Å². The van der Waals surface area contributed by atoms with Gasteiger partial charge in [0.15, 0.2) is 0 Å². The molecule has 5 heteroatoms. The molecule has 23 heavy (non-hydrogen) atoms. The van der Waals surface area contributed by atoms with Crippen LogP contribution in [0, 0.1) is 12.3 Å². The highest BCUT2D eigenvalue weighted by atomic mass is 16.3. The molecule has 0 radical (unpaired) electrons. The van der Waals surface area contributed by atoms with Gasteiger partial charge in [-0.3, -0.25) is 10.2 Å². The predicted molar refractivity (Wildman–Crippen MR) is 89.9 cm³/mol. The molecule has 0 bridgehead atoms. The lowest BCUT2D eigenvalue weighted by molar-refractivity contribution is 0.541. The first-order valence-corrected chi connectivity index (χ1v) is 7.85. The van der Waals surface area contributed by atoms with Crippen LogP contribution in [0.5, 0.6) is 0 Å². The molecular formula is C18H17N3O2. The number of fused-ring (bicyclic) bond motifs is 3. The first kappa shape index (κ1) is 13.9. The molecule has 2 aromatic heterocycles. The van der Waals surface area contributed by atoms with Gasteiger partial charge >= 0.3 is 0 Å². The van der Waals surface area contributed by atoms with E-state index >= 15 is 0 Å². The molecule has 1 aromatic carbocycles. The van der Waals surface area contributed by atoms with Crippen LogP contribution in [-0.2, 0) is 0 Å². The molecule has 0 saturated heterocycles. The highest BCUT2D eigenvalue weighted by molar-refractivity contribution is 6.03. The van der Waals surface area contributed by atoms with Crippen LogP contribution in [0.3, 0.4) is 0 Å². The highest BCUT2D eigenvalue weighted by Crippen LogP contribution is 2.22. The van der Waals surface area contributed by atoms with Crippen LogP contribution in [0.2, 0.25) is 0 Å². The molecule has 0 spiro atoms. The summed E-state index contributed by atoms with van der Waals surface area (Å²) < 4.78 is 6.95. The molecule has 5 nitrogen and oxygen atoms in total. The van der Waals surface area contributed by atoms with Gasteiger partial charge in [0.2, 0.25) is 5.55 Å². The molecule has 0 unspecified atom stereocenters. The highest BCUT2D eigenvalue weighted by Gasteiger charge is 2.14. The maximum absolute atomic E-state index is 12.9. The predicted octanol–water partition coefficient (Wildman–Crippen LogP) is 3.31. The molecule has 1 aliphatic carbocycles. The van der Waals surface area contributed by atoms with E-state index in [0.717, 1.165) is 47.9 Å². The smallest absolute Gasteiger partial charge is 0.284 e. The van der Waals surface area contributed by atoms with E-state index in [4.69, 9.17) is 9.83 Å². The Morgan fingerprint density at radius 3 is 2.70 bits per heavy atom. The van der Waals surface area contributed by atoms with E-state index in [1.807, 2.05) is 37.3 Å². The van der Waals surface area contributed by atoms with E-state index in [-0.39, 0.29) is 16.5 Å². The minimum atomic E-state index is -0.279. The Morgan fingerprint density at radius 1 is 1.17 bits per heavy atom. The molecule has 1 aliphatic rings. The molecule has 4 rings (SSSR count). The van der Waals surface area contributed by atoms with Crippen molar-refractivity contribution < 1.29 is 4.42 Å². The minimum absolute atomic E-state index is 0.107. The van der Waals surface area contributed by atoms with Gasteiger partial charge < -0.3 is 4.42 Å². The third-order valence-corrected chi connectivity index (χ3v) is 4.40. The molecule has 1 fully saturated rings. The number of hydrogen-bond donors (Lipinski definition) is 1. The molecule has 1 N–H and O–H groups in total. The summed E-state index contributed by atoms with van der Waals surface area (Å²) in [5.74, 6) is 0. The molecular weight excluding hydrogens is 290 g/mol. The van der Waals surface area contributed by atoms with Gasteiger partial charge in [0, 0.05) is 22.2 Å². The summed E-state index contributed by atoms with van der Waals surface area (Å²) in [5, 5.41) is 14.5. The first-order chi connectivity index (χ1) is 11.1. The second-order valence-electron chi connectivity index (χ2n) is 5.99. The number of para-hydroxylation sites is 1. The quantitative estimate of drug-likeness (QED) is 0.701. The monoisotopic (exact) mass is 307 g/mol. The van der Waals surface area contributed by atoms with E-state index in [1.54, 1.807) is 0 Å². The van der Waals surface area contributed by atoms with Crippen molar-refractivity contribution in [3.8, 4) is 0 Å². The average molecular weight is 307 g/mol. The van der Waals surface area contributed by atoms with Crippen LogP contribution in [0.4, 0.5) is 0 Å². The van der Waals surface area contributed by atoms with Crippen LogP contribution >= 0.6 is 0 Å². The van der Waals surface area contributed by atoms with Crippen molar-refractivity contribution in [3.05, 3.63) is 51.9 Å². The number of hydrogen-bond acceptors (Lipinski definition) is 4. The maximum Gasteiger partial charge on any atom is 0.284 e. The fourth-order valence-electron chi connectivity index (χ4n) is 3.24. The Bertz CT molecular complexity index is 1070. The average Bonchev–Trinajstić information content (AvgIpc) is 3.04. The fourth-order valence-corrected chi connectivity index (χ4v) is 3.24. The minimum Gasteiger partial charge on any atom is -0.438 e. The van der Waals surface area contributed by atoms with Gasteiger partial charge in [0.05, 0.1) is 0 Å². The van der Waals surface area contributed by atoms with Crippen LogP contribution in [0.25, 0.3) is 21.7 Å². The SMILES string of the molecule is Cc1cc2c(c(=N)oc3ccccc32)c(=O)n1N=C1CCCC1. The Morgan fingerprint density at radius 2 is 1.91 bits per heavy atom. The molecule has 0 atom stereocenters. The van der Waals surface area contributed by atoms with Gasteiger partial charge in [-0.15, -0.1) is 0 Å². The number of nitrogens with zero attached hydrogens (tertiary/aromatic N) is 2. The van der Waals surface area contributed by atoms with E-state index < -0.39 is 0 Å². The van der Waals surface area contributed by atoms with Gasteiger partial charge in [0.1, 0.15) is 11.0 Å². The zero-order chi connectivity index (χ0) is 16.0. The second kappa shape index (κ2) is 5.19. The summed E-state index contributed by atoms with van der Waals surface area (Å²) in [4.78, 5) is 12.9. The summed E-state index contributed by atoms with van der Waals surface area (Å²) >= 11 is 0. The summed E-state index contributed by atoms with van der Waals surface area (Å²) in [5.41, 5.74) is 2.06. The first-order valence-electron chi connectivity index (χ1n) is 7.85. The van der Waals surface area contributed by atoms with E-state index in [9.17, 15) is 4.79 Å². The zero-order valence-electron chi connectivity index (χ0n) is 12.9. The molecule has 1 saturated carbocycles. The van der Waals surface area contributed by atoms with Crippen molar-refractivity contribution in [1.29, 1.82) is 5.41 Å². The Kier molecular flexibility index (Phi) is 3.15. The number of aromatic nitrogens is 1. The normalized spacial score (nSPS) is 14.7. The number of aryl methyl sites for hydroxylation is 1. The molecule has 0 amide bonds. The zero-order valence-corrected chi connectivity index (χ0v) is 12.9. The van der Waals surface area contributed by atoms with E-state index in [2.05, 4.69) is 5.10 Å². The fraction of sp³-hybridized carbons (Fsp3) is 0.278. The van der Waals surface area contributed by atoms with Crippen LogP contribution in [0.1, 0.15) is 31.4 Å². The van der Waals surface area contributed by atoms with Gasteiger partial charge in [-0.1, -0.05) is 18.2 Å². The topological polar surface area (TPSA) is 71.3 Å². The van der Waals surface area contributed by atoms with Gasteiger partial charge in [0.25, 0.3) is 5.56 Å². The van der Waals surface area contributed by atoms with Crippen molar-refractivity contribution in [2.75, 3.05) is 0 Å². The molecule has 116 valence electrons. The van der Waals surface area contributed by atoms with Gasteiger partial charge in [-0.25, -0.2) is 4.68 Å². The number of nitrogens with one attached hydrogen (secondary N) is 1. The van der Waals surface area contributed by atoms with Crippen molar-refractivity contribution in [2.24, 2.45) is 5.10 Å². The Labute approximate surface area is 132 Å². The molecule has 3 aromatic rings. The number of pyridine rings is 1. The summed E-state index contributed by atoms with van der Waals surface area (Å²) in [6.45, 7) is 1.88. The summed E-state index contributed by atoms with van der Waals surface area (Å²) in [6.07, 6.45) is 4.15. The lowest BCUT2D eigenvalue weighted by atomic mass is 10.1. The summed E-state index contributed by atoms with van der Waals surface area (Å²) in [6, 6.07) is 9.41. The summed E-state index contributed by atoms with van der Waals surface area (Å²) in [7, 11) is 0. The largest absolute Gasteiger partial charge is 0.438 e. The van der Waals surface area contributed by atoms with Crippen LogP contribution in [0.15, 0.2) is 44.6 Å².